The molecular formula is C19H29N3O. The highest BCUT2D eigenvalue weighted by atomic mass is 16.5. The minimum atomic E-state index is 0.948. The number of fused-ring (bicyclic) bond motifs is 1. The molecular weight excluding hydrogens is 286 g/mol. The summed E-state index contributed by atoms with van der Waals surface area (Å²) in [5.74, 6) is 0.948. The van der Waals surface area contributed by atoms with Crippen molar-refractivity contribution >= 4 is 10.9 Å². The van der Waals surface area contributed by atoms with E-state index in [0.29, 0.717) is 0 Å². The fourth-order valence-corrected chi connectivity index (χ4v) is 3.62. The van der Waals surface area contributed by atoms with Crippen LogP contribution in [0.15, 0.2) is 18.2 Å². The maximum atomic E-state index is 5.41. The summed E-state index contributed by atoms with van der Waals surface area (Å²) in [4.78, 5) is 5.01. The smallest absolute Gasteiger partial charge is 0.119 e. The van der Waals surface area contributed by atoms with Gasteiger partial charge in [-0.3, -0.25) is 0 Å². The number of aryl methyl sites for hydroxylation is 2. The number of benzene rings is 1. The predicted molar refractivity (Wildman–Crippen MR) is 96.5 cm³/mol. The van der Waals surface area contributed by atoms with Crippen molar-refractivity contribution in [2.24, 2.45) is 7.05 Å². The molecule has 3 rings (SSSR count). The van der Waals surface area contributed by atoms with Gasteiger partial charge in [0.1, 0.15) is 5.75 Å². The lowest BCUT2D eigenvalue weighted by Crippen LogP contribution is -2.44. The topological polar surface area (TPSA) is 20.6 Å². The highest BCUT2D eigenvalue weighted by molar-refractivity contribution is 5.86. The average Bonchev–Trinajstić information content (AvgIpc) is 2.81. The minimum absolute atomic E-state index is 0.948. The molecule has 0 aliphatic carbocycles. The molecule has 2 aromatic rings. The highest BCUT2D eigenvalue weighted by Crippen LogP contribution is 2.29. The van der Waals surface area contributed by atoms with Crippen molar-refractivity contribution in [1.82, 2.24) is 14.4 Å². The summed E-state index contributed by atoms with van der Waals surface area (Å²) in [6, 6.07) is 6.41. The first kappa shape index (κ1) is 16.3. The van der Waals surface area contributed by atoms with E-state index < -0.39 is 0 Å². The molecule has 1 saturated heterocycles. The summed E-state index contributed by atoms with van der Waals surface area (Å²) in [6.07, 6.45) is 2.36. The van der Waals surface area contributed by atoms with Gasteiger partial charge in [0.05, 0.1) is 7.11 Å². The van der Waals surface area contributed by atoms with E-state index in [9.17, 15) is 0 Å². The lowest BCUT2D eigenvalue weighted by molar-refractivity contribution is 0.153. The summed E-state index contributed by atoms with van der Waals surface area (Å²) >= 11 is 0. The number of methoxy groups -OCH3 is 1. The van der Waals surface area contributed by atoms with Crippen molar-refractivity contribution < 1.29 is 4.74 Å². The maximum absolute atomic E-state index is 5.41. The molecule has 0 saturated carbocycles. The Morgan fingerprint density at radius 1 is 1.09 bits per heavy atom. The Labute approximate surface area is 139 Å². The van der Waals surface area contributed by atoms with Crippen LogP contribution in [0.2, 0.25) is 0 Å². The van der Waals surface area contributed by atoms with Gasteiger partial charge < -0.3 is 19.1 Å². The molecule has 0 N–H and O–H groups in total. The second kappa shape index (κ2) is 6.93. The van der Waals surface area contributed by atoms with E-state index in [1.54, 1.807) is 7.11 Å². The third-order valence-corrected chi connectivity index (χ3v) is 5.33. The number of aromatic nitrogens is 1. The van der Waals surface area contributed by atoms with E-state index in [1.807, 2.05) is 0 Å². The van der Waals surface area contributed by atoms with Gasteiger partial charge in [0, 0.05) is 49.8 Å². The van der Waals surface area contributed by atoms with Gasteiger partial charge in [-0.05, 0) is 57.1 Å². The zero-order valence-electron chi connectivity index (χ0n) is 14.9. The van der Waals surface area contributed by atoms with E-state index in [-0.39, 0.29) is 0 Å². The number of likely N-dealkylation sites (N-methyl/N-ethyl adjacent to an activating group) is 1. The Hall–Kier alpha value is -1.52. The van der Waals surface area contributed by atoms with Gasteiger partial charge in [-0.15, -0.1) is 0 Å². The first-order valence-electron chi connectivity index (χ1n) is 8.63. The Balaban J connectivity index is 1.70. The molecule has 1 aromatic carbocycles. The van der Waals surface area contributed by atoms with Crippen LogP contribution in [0.25, 0.3) is 10.9 Å². The van der Waals surface area contributed by atoms with Gasteiger partial charge in [-0.25, -0.2) is 0 Å². The van der Waals surface area contributed by atoms with Crippen LogP contribution in [0, 0.1) is 6.92 Å². The summed E-state index contributed by atoms with van der Waals surface area (Å²) < 4.78 is 7.72. The number of ether oxygens (including phenoxy) is 1. The highest BCUT2D eigenvalue weighted by Gasteiger charge is 2.15. The average molecular weight is 315 g/mol. The molecule has 2 heterocycles. The Kier molecular flexibility index (Phi) is 4.93. The van der Waals surface area contributed by atoms with Crippen LogP contribution in [-0.2, 0) is 13.5 Å². The van der Waals surface area contributed by atoms with E-state index in [2.05, 4.69) is 53.6 Å². The van der Waals surface area contributed by atoms with Crippen molar-refractivity contribution in [3.05, 3.63) is 29.5 Å². The maximum Gasteiger partial charge on any atom is 0.119 e. The van der Waals surface area contributed by atoms with Crippen LogP contribution in [-0.4, -0.2) is 61.2 Å². The van der Waals surface area contributed by atoms with Crippen molar-refractivity contribution in [1.29, 1.82) is 0 Å². The van der Waals surface area contributed by atoms with Crippen molar-refractivity contribution in [2.45, 2.75) is 19.8 Å². The summed E-state index contributed by atoms with van der Waals surface area (Å²) in [5.41, 5.74) is 4.17. The first-order valence-corrected chi connectivity index (χ1v) is 8.63. The van der Waals surface area contributed by atoms with E-state index in [4.69, 9.17) is 4.74 Å². The molecule has 0 spiro atoms. The largest absolute Gasteiger partial charge is 0.497 e. The van der Waals surface area contributed by atoms with Crippen molar-refractivity contribution in [2.75, 3.05) is 46.9 Å². The summed E-state index contributed by atoms with van der Waals surface area (Å²) in [7, 11) is 6.11. The molecule has 1 aromatic heterocycles. The van der Waals surface area contributed by atoms with Crippen molar-refractivity contribution in [3.8, 4) is 5.75 Å². The molecule has 0 bridgehead atoms. The van der Waals surface area contributed by atoms with Gasteiger partial charge in [0.2, 0.25) is 0 Å². The fourth-order valence-electron chi connectivity index (χ4n) is 3.62. The Morgan fingerprint density at radius 2 is 1.83 bits per heavy atom. The zero-order valence-corrected chi connectivity index (χ0v) is 14.9. The Bertz CT molecular complexity index is 669. The standard InChI is InChI=1S/C19H29N3O/c1-15-17(6-5-9-22-12-10-20(2)11-13-22)18-14-16(23-4)7-8-19(18)21(15)3/h7-8,14H,5-6,9-13H2,1-4H3. The van der Waals surface area contributed by atoms with E-state index in [1.165, 1.54) is 61.3 Å². The minimum Gasteiger partial charge on any atom is -0.497 e. The fraction of sp³-hybridized carbons (Fsp3) is 0.579. The van der Waals surface area contributed by atoms with Gasteiger partial charge in [0.15, 0.2) is 0 Å². The number of hydrogen-bond acceptors (Lipinski definition) is 3. The molecule has 4 nitrogen and oxygen atoms in total. The lowest BCUT2D eigenvalue weighted by Gasteiger charge is -2.32. The predicted octanol–water partition coefficient (Wildman–Crippen LogP) is 2.68. The van der Waals surface area contributed by atoms with Crippen molar-refractivity contribution in [3.63, 3.8) is 0 Å². The first-order chi connectivity index (χ1) is 11.1. The van der Waals surface area contributed by atoms with Crippen LogP contribution in [0.1, 0.15) is 17.7 Å². The monoisotopic (exact) mass is 315 g/mol. The molecule has 0 atom stereocenters. The SMILES string of the molecule is COc1ccc2c(c1)c(CCCN1CCN(C)CC1)c(C)n2C. The van der Waals surface area contributed by atoms with Crippen LogP contribution in [0.4, 0.5) is 0 Å². The van der Waals surface area contributed by atoms with Crippen LogP contribution < -0.4 is 4.74 Å². The van der Waals surface area contributed by atoms with Crippen LogP contribution in [0.3, 0.4) is 0 Å². The van der Waals surface area contributed by atoms with Crippen LogP contribution >= 0.6 is 0 Å². The second-order valence-corrected chi connectivity index (χ2v) is 6.75. The number of hydrogen-bond donors (Lipinski definition) is 0. The molecule has 0 amide bonds. The molecule has 0 radical (unpaired) electrons. The van der Waals surface area contributed by atoms with Gasteiger partial charge in [-0.2, -0.15) is 0 Å². The second-order valence-electron chi connectivity index (χ2n) is 6.75. The van der Waals surface area contributed by atoms with Crippen LogP contribution in [0.5, 0.6) is 5.75 Å². The van der Waals surface area contributed by atoms with E-state index in [0.717, 1.165) is 12.2 Å². The van der Waals surface area contributed by atoms with Gasteiger partial charge >= 0.3 is 0 Å². The molecule has 1 aliphatic heterocycles. The normalized spacial score (nSPS) is 17.0. The summed E-state index contributed by atoms with van der Waals surface area (Å²) in [6.45, 7) is 8.25. The molecule has 4 heteroatoms. The third-order valence-electron chi connectivity index (χ3n) is 5.33. The third kappa shape index (κ3) is 3.38. The zero-order chi connectivity index (χ0) is 16.4. The Morgan fingerprint density at radius 3 is 2.52 bits per heavy atom. The molecule has 23 heavy (non-hydrogen) atoms. The number of piperazine rings is 1. The molecule has 126 valence electrons. The van der Waals surface area contributed by atoms with Gasteiger partial charge in [-0.1, -0.05) is 0 Å². The summed E-state index contributed by atoms with van der Waals surface area (Å²) in [5, 5.41) is 1.35. The number of rotatable bonds is 5. The number of nitrogens with zero attached hydrogens (tertiary/aromatic N) is 3. The molecule has 0 unspecified atom stereocenters. The molecule has 1 fully saturated rings. The molecule has 1 aliphatic rings. The quantitative estimate of drug-likeness (QED) is 0.846. The lowest BCUT2D eigenvalue weighted by atomic mass is 10.1. The van der Waals surface area contributed by atoms with E-state index >= 15 is 0 Å². The van der Waals surface area contributed by atoms with Gasteiger partial charge in [0.25, 0.3) is 0 Å².